The molecule has 1 heterocycles. The second-order valence-corrected chi connectivity index (χ2v) is 3.73. The molecule has 0 fully saturated rings. The lowest BCUT2D eigenvalue weighted by Gasteiger charge is -1.95. The molecule has 2 rings (SSSR count). The van der Waals surface area contributed by atoms with E-state index in [4.69, 9.17) is 19.9 Å². The zero-order valence-electron chi connectivity index (χ0n) is 10.4. The van der Waals surface area contributed by atoms with Crippen molar-refractivity contribution in [2.75, 3.05) is 0 Å². The van der Waals surface area contributed by atoms with Crippen molar-refractivity contribution >= 4 is 18.7 Å². The van der Waals surface area contributed by atoms with Crippen LogP contribution in [0.5, 0.6) is 0 Å². The number of carboxylic acid groups (broad SMARTS) is 1. The van der Waals surface area contributed by atoms with Gasteiger partial charge in [-0.15, -0.1) is 0 Å². The van der Waals surface area contributed by atoms with E-state index in [9.17, 15) is 13.2 Å². The number of rotatable bonds is 2. The summed E-state index contributed by atoms with van der Waals surface area (Å²) in [5.74, 6) is -2.12. The molecule has 1 aromatic heterocycles. The van der Waals surface area contributed by atoms with Crippen LogP contribution in [-0.2, 0) is 4.79 Å². The Morgan fingerprint density at radius 3 is 2.10 bits per heavy atom. The van der Waals surface area contributed by atoms with Crippen LogP contribution >= 0.6 is 0 Å². The minimum Gasteiger partial charge on any atom is -0.475 e. The predicted octanol–water partition coefficient (Wildman–Crippen LogP) is 0.390. The SMILES string of the molecule is O=C(O)C(F)(F)F.OB(O)c1cnc(-c2ccccc2)[nH]1. The molecule has 112 valence electrons. The number of aromatic nitrogens is 2. The quantitative estimate of drug-likeness (QED) is 0.600. The number of H-pyrrole nitrogens is 1. The van der Waals surface area contributed by atoms with Crippen LogP contribution in [0.2, 0.25) is 0 Å². The molecule has 0 saturated carbocycles. The van der Waals surface area contributed by atoms with Gasteiger partial charge in [0.25, 0.3) is 0 Å². The number of hydrogen-bond donors (Lipinski definition) is 4. The lowest BCUT2D eigenvalue weighted by Crippen LogP contribution is -2.30. The fraction of sp³-hybridized carbons (Fsp3) is 0.0909. The van der Waals surface area contributed by atoms with Crippen molar-refractivity contribution in [3.05, 3.63) is 36.5 Å². The number of alkyl halides is 3. The highest BCUT2D eigenvalue weighted by Crippen LogP contribution is 2.13. The molecule has 0 atom stereocenters. The Labute approximate surface area is 117 Å². The standard InChI is InChI=1S/C9H9BN2O2.C2HF3O2/c13-10(14)8-6-11-9(12-8)7-4-2-1-3-5-7;3-2(4,5)1(6)7/h1-6,13-14H,(H,11,12);(H,6,7). The summed E-state index contributed by atoms with van der Waals surface area (Å²) < 4.78 is 31.7. The third kappa shape index (κ3) is 5.28. The highest BCUT2D eigenvalue weighted by atomic mass is 19.4. The van der Waals surface area contributed by atoms with E-state index in [2.05, 4.69) is 9.97 Å². The maximum absolute atomic E-state index is 10.6. The third-order valence-electron chi connectivity index (χ3n) is 2.16. The van der Waals surface area contributed by atoms with Crippen LogP contribution in [0.4, 0.5) is 13.2 Å². The minimum absolute atomic E-state index is 0.295. The molecule has 21 heavy (non-hydrogen) atoms. The summed E-state index contributed by atoms with van der Waals surface area (Å²) >= 11 is 0. The van der Waals surface area contributed by atoms with E-state index < -0.39 is 19.3 Å². The molecule has 0 radical (unpaired) electrons. The van der Waals surface area contributed by atoms with Gasteiger partial charge in [-0.1, -0.05) is 30.3 Å². The fourth-order valence-electron chi connectivity index (χ4n) is 1.21. The molecule has 0 aliphatic rings. The normalized spacial score (nSPS) is 10.5. The van der Waals surface area contributed by atoms with Gasteiger partial charge in [-0.05, 0) is 0 Å². The lowest BCUT2D eigenvalue weighted by molar-refractivity contribution is -0.192. The zero-order chi connectivity index (χ0) is 16.0. The Kier molecular flexibility index (Phi) is 5.50. The molecule has 0 aliphatic carbocycles. The number of carboxylic acids is 1. The number of nitrogens with one attached hydrogen (secondary N) is 1. The van der Waals surface area contributed by atoms with Crippen molar-refractivity contribution in [1.29, 1.82) is 0 Å². The molecule has 0 spiro atoms. The van der Waals surface area contributed by atoms with Gasteiger partial charge < -0.3 is 20.1 Å². The van der Waals surface area contributed by atoms with Crippen molar-refractivity contribution in [3.8, 4) is 11.4 Å². The second kappa shape index (κ2) is 6.91. The minimum atomic E-state index is -5.08. The number of halogens is 3. The van der Waals surface area contributed by atoms with Gasteiger partial charge in [0.05, 0.1) is 5.59 Å². The van der Waals surface area contributed by atoms with Gasteiger partial charge in [-0.25, -0.2) is 9.78 Å². The number of hydrogen-bond acceptors (Lipinski definition) is 4. The Balaban J connectivity index is 0.000000270. The van der Waals surface area contributed by atoms with E-state index in [-0.39, 0.29) is 0 Å². The van der Waals surface area contributed by atoms with E-state index in [1.807, 2.05) is 30.3 Å². The largest absolute Gasteiger partial charge is 0.507 e. The van der Waals surface area contributed by atoms with Gasteiger partial charge in [-0.2, -0.15) is 13.2 Å². The zero-order valence-corrected chi connectivity index (χ0v) is 10.4. The van der Waals surface area contributed by atoms with Crippen LogP contribution in [0.25, 0.3) is 11.4 Å². The summed E-state index contributed by atoms with van der Waals surface area (Å²) in [6.07, 6.45) is -3.67. The molecule has 0 amide bonds. The number of nitrogens with zero attached hydrogens (tertiary/aromatic N) is 1. The van der Waals surface area contributed by atoms with Gasteiger partial charge in [0, 0.05) is 11.8 Å². The van der Waals surface area contributed by atoms with Gasteiger partial charge in [0.2, 0.25) is 0 Å². The molecule has 0 saturated heterocycles. The molecule has 2 aromatic rings. The Bertz CT molecular complexity index is 587. The lowest BCUT2D eigenvalue weighted by atomic mass is 9.87. The average molecular weight is 302 g/mol. The molecule has 4 N–H and O–H groups in total. The third-order valence-corrected chi connectivity index (χ3v) is 2.16. The number of carbonyl (C=O) groups is 1. The van der Waals surface area contributed by atoms with E-state index in [0.717, 1.165) is 5.56 Å². The first-order valence-electron chi connectivity index (χ1n) is 5.48. The summed E-state index contributed by atoms with van der Waals surface area (Å²) in [6.45, 7) is 0. The highest BCUT2D eigenvalue weighted by Gasteiger charge is 2.38. The molecule has 1 aromatic carbocycles. The van der Waals surface area contributed by atoms with Crippen molar-refractivity contribution < 1.29 is 33.1 Å². The maximum Gasteiger partial charge on any atom is 0.507 e. The summed E-state index contributed by atoms with van der Waals surface area (Å²) in [7, 11) is -1.50. The van der Waals surface area contributed by atoms with E-state index >= 15 is 0 Å². The van der Waals surface area contributed by atoms with Crippen LogP contribution in [0.15, 0.2) is 36.5 Å². The maximum atomic E-state index is 10.6. The summed E-state index contributed by atoms with van der Waals surface area (Å²) in [5, 5.41) is 24.9. The molecule has 0 unspecified atom stereocenters. The predicted molar refractivity (Wildman–Crippen MR) is 67.5 cm³/mol. The fourth-order valence-corrected chi connectivity index (χ4v) is 1.21. The molecular formula is C11H10BF3N2O4. The molecular weight excluding hydrogens is 292 g/mol. The first kappa shape index (κ1) is 16.7. The topological polar surface area (TPSA) is 106 Å². The van der Waals surface area contributed by atoms with Gasteiger partial charge >= 0.3 is 19.3 Å². The Hall–Kier alpha value is -2.33. The van der Waals surface area contributed by atoms with Crippen molar-refractivity contribution in [2.24, 2.45) is 0 Å². The van der Waals surface area contributed by atoms with Crippen LogP contribution in [0.1, 0.15) is 0 Å². The Morgan fingerprint density at radius 1 is 1.19 bits per heavy atom. The molecule has 0 aliphatic heterocycles. The number of aliphatic carboxylic acids is 1. The summed E-state index contributed by atoms with van der Waals surface area (Å²) in [6, 6.07) is 9.49. The van der Waals surface area contributed by atoms with Crippen LogP contribution < -0.4 is 5.59 Å². The summed E-state index contributed by atoms with van der Waals surface area (Å²) in [4.78, 5) is 15.7. The first-order valence-corrected chi connectivity index (χ1v) is 5.48. The van der Waals surface area contributed by atoms with Crippen molar-refractivity contribution in [1.82, 2.24) is 9.97 Å². The van der Waals surface area contributed by atoms with E-state index in [1.165, 1.54) is 6.20 Å². The molecule has 6 nitrogen and oxygen atoms in total. The van der Waals surface area contributed by atoms with Crippen LogP contribution in [0, 0.1) is 0 Å². The highest BCUT2D eigenvalue weighted by molar-refractivity contribution is 6.57. The number of aromatic amines is 1. The summed E-state index contributed by atoms with van der Waals surface area (Å²) in [5.41, 5.74) is 1.21. The van der Waals surface area contributed by atoms with Gasteiger partial charge in [0.15, 0.2) is 0 Å². The molecule has 10 heteroatoms. The smallest absolute Gasteiger partial charge is 0.475 e. The number of imidazole rings is 1. The monoisotopic (exact) mass is 302 g/mol. The second-order valence-electron chi connectivity index (χ2n) is 3.73. The van der Waals surface area contributed by atoms with Crippen LogP contribution in [0.3, 0.4) is 0 Å². The number of benzene rings is 1. The van der Waals surface area contributed by atoms with E-state index in [0.29, 0.717) is 11.4 Å². The van der Waals surface area contributed by atoms with Gasteiger partial charge in [0.1, 0.15) is 5.82 Å². The van der Waals surface area contributed by atoms with Crippen molar-refractivity contribution in [2.45, 2.75) is 6.18 Å². The average Bonchev–Trinajstić information content (AvgIpc) is 2.89. The van der Waals surface area contributed by atoms with Crippen molar-refractivity contribution in [3.63, 3.8) is 0 Å². The molecule has 0 bridgehead atoms. The van der Waals surface area contributed by atoms with Crippen LogP contribution in [-0.4, -0.2) is 44.4 Å². The van der Waals surface area contributed by atoms with E-state index in [1.54, 1.807) is 0 Å². The van der Waals surface area contributed by atoms with Gasteiger partial charge in [-0.3, -0.25) is 0 Å². The first-order chi connectivity index (χ1) is 9.71. The Morgan fingerprint density at radius 2 is 1.71 bits per heavy atom.